The number of amides is 1. The lowest BCUT2D eigenvalue weighted by molar-refractivity contribution is -0.127. The zero-order valence-corrected chi connectivity index (χ0v) is 17.2. The van der Waals surface area contributed by atoms with Crippen LogP contribution in [-0.4, -0.2) is 63.2 Å². The van der Waals surface area contributed by atoms with Crippen LogP contribution in [0.1, 0.15) is 44.1 Å². The van der Waals surface area contributed by atoms with E-state index in [0.717, 1.165) is 32.5 Å². The SMILES string of the molecule is CN(C)C(=O)CN=C(NCC1CCCO1)NCC1(c2ccccc2)CCCC1. The second kappa shape index (κ2) is 9.92. The summed E-state index contributed by atoms with van der Waals surface area (Å²) >= 11 is 0. The number of nitrogens with one attached hydrogen (secondary N) is 2. The molecule has 2 aliphatic rings. The maximum absolute atomic E-state index is 12.0. The molecule has 1 unspecified atom stereocenters. The van der Waals surface area contributed by atoms with Gasteiger partial charge in [0.1, 0.15) is 6.54 Å². The summed E-state index contributed by atoms with van der Waals surface area (Å²) in [5.41, 5.74) is 1.53. The Hall–Kier alpha value is -2.08. The highest BCUT2D eigenvalue weighted by atomic mass is 16.5. The first-order valence-electron chi connectivity index (χ1n) is 10.5. The summed E-state index contributed by atoms with van der Waals surface area (Å²) in [6.07, 6.45) is 7.29. The summed E-state index contributed by atoms with van der Waals surface area (Å²) in [6, 6.07) is 10.8. The van der Waals surface area contributed by atoms with Gasteiger partial charge in [0.05, 0.1) is 6.10 Å². The number of carbonyl (C=O) groups excluding carboxylic acids is 1. The Kier molecular flexibility index (Phi) is 7.31. The van der Waals surface area contributed by atoms with Gasteiger partial charge in [-0.15, -0.1) is 0 Å². The normalized spacial score (nSPS) is 21.5. The molecular formula is C22H34N4O2. The van der Waals surface area contributed by atoms with Gasteiger partial charge in [-0.1, -0.05) is 43.2 Å². The summed E-state index contributed by atoms with van der Waals surface area (Å²) in [5, 5.41) is 6.92. The molecule has 1 heterocycles. The molecule has 2 N–H and O–H groups in total. The minimum Gasteiger partial charge on any atom is -0.376 e. The maximum atomic E-state index is 12.0. The van der Waals surface area contributed by atoms with Crippen LogP contribution in [0.15, 0.2) is 35.3 Å². The molecule has 0 spiro atoms. The molecule has 1 aliphatic carbocycles. The summed E-state index contributed by atoms with van der Waals surface area (Å²) in [4.78, 5) is 18.1. The van der Waals surface area contributed by atoms with Crippen molar-refractivity contribution in [2.24, 2.45) is 4.99 Å². The van der Waals surface area contributed by atoms with E-state index in [1.807, 2.05) is 0 Å². The Labute approximate surface area is 168 Å². The highest BCUT2D eigenvalue weighted by Gasteiger charge is 2.35. The molecule has 1 aliphatic heterocycles. The van der Waals surface area contributed by atoms with E-state index in [4.69, 9.17) is 4.74 Å². The Bertz CT molecular complexity index is 648. The van der Waals surface area contributed by atoms with E-state index < -0.39 is 0 Å². The zero-order valence-electron chi connectivity index (χ0n) is 17.2. The molecule has 1 atom stereocenters. The summed E-state index contributed by atoms with van der Waals surface area (Å²) in [5.74, 6) is 0.699. The Morgan fingerprint density at radius 3 is 2.57 bits per heavy atom. The van der Waals surface area contributed by atoms with Gasteiger partial charge >= 0.3 is 0 Å². The second-order valence-corrected chi connectivity index (χ2v) is 8.18. The monoisotopic (exact) mass is 386 g/mol. The fraction of sp³-hybridized carbons (Fsp3) is 0.636. The highest BCUT2D eigenvalue weighted by Crippen LogP contribution is 2.40. The van der Waals surface area contributed by atoms with Gasteiger partial charge in [-0.25, -0.2) is 4.99 Å². The third-order valence-corrected chi connectivity index (χ3v) is 5.93. The Balaban J connectivity index is 1.66. The number of carbonyl (C=O) groups is 1. The zero-order chi connectivity index (χ0) is 19.8. The topological polar surface area (TPSA) is 66.0 Å². The maximum Gasteiger partial charge on any atom is 0.243 e. The molecule has 1 aromatic carbocycles. The van der Waals surface area contributed by atoms with E-state index >= 15 is 0 Å². The van der Waals surface area contributed by atoms with Gasteiger partial charge in [0.15, 0.2) is 5.96 Å². The molecule has 28 heavy (non-hydrogen) atoms. The van der Waals surface area contributed by atoms with Gasteiger partial charge in [0.25, 0.3) is 0 Å². The molecule has 0 bridgehead atoms. The van der Waals surface area contributed by atoms with Crippen LogP contribution >= 0.6 is 0 Å². The van der Waals surface area contributed by atoms with E-state index in [1.165, 1.54) is 31.2 Å². The van der Waals surface area contributed by atoms with Crippen molar-refractivity contribution in [3.05, 3.63) is 35.9 Å². The summed E-state index contributed by atoms with van der Waals surface area (Å²) in [6.45, 7) is 2.53. The smallest absolute Gasteiger partial charge is 0.243 e. The first-order valence-corrected chi connectivity index (χ1v) is 10.5. The van der Waals surface area contributed by atoms with Crippen LogP contribution in [0, 0.1) is 0 Å². The largest absolute Gasteiger partial charge is 0.376 e. The van der Waals surface area contributed by atoms with Crippen LogP contribution in [0.3, 0.4) is 0 Å². The molecule has 0 aromatic heterocycles. The van der Waals surface area contributed by atoms with Gasteiger partial charge in [0.2, 0.25) is 5.91 Å². The van der Waals surface area contributed by atoms with Crippen molar-refractivity contribution < 1.29 is 9.53 Å². The minimum atomic E-state index is -0.00291. The number of hydrogen-bond donors (Lipinski definition) is 2. The standard InChI is InChI=1S/C22H34N4O2/c1-26(2)20(27)16-24-21(23-15-19-11-8-14-28-19)25-17-22(12-6-7-13-22)18-9-4-3-5-10-18/h3-5,9-10,19H,6-8,11-17H2,1-2H3,(H2,23,24,25). The Morgan fingerprint density at radius 2 is 1.93 bits per heavy atom. The highest BCUT2D eigenvalue weighted by molar-refractivity contribution is 5.84. The van der Waals surface area contributed by atoms with Gasteiger partial charge in [-0.2, -0.15) is 0 Å². The van der Waals surface area contributed by atoms with Crippen LogP contribution in [0.2, 0.25) is 0 Å². The van der Waals surface area contributed by atoms with Gasteiger partial charge in [0, 0.05) is 39.2 Å². The van der Waals surface area contributed by atoms with E-state index in [9.17, 15) is 4.79 Å². The van der Waals surface area contributed by atoms with Crippen LogP contribution in [-0.2, 0) is 14.9 Å². The van der Waals surface area contributed by atoms with Crippen molar-refractivity contribution in [2.75, 3.05) is 40.3 Å². The molecule has 0 radical (unpaired) electrons. The molecule has 6 heteroatoms. The molecule has 154 valence electrons. The average Bonchev–Trinajstić information content (AvgIpc) is 3.40. The third kappa shape index (κ3) is 5.47. The van der Waals surface area contributed by atoms with Crippen molar-refractivity contribution >= 4 is 11.9 Å². The predicted octanol–water partition coefficient (Wildman–Crippen LogP) is 2.30. The number of likely N-dealkylation sites (N-methyl/N-ethyl adjacent to an activating group) is 1. The van der Waals surface area contributed by atoms with E-state index in [1.54, 1.807) is 19.0 Å². The number of hydrogen-bond acceptors (Lipinski definition) is 3. The first kappa shape index (κ1) is 20.6. The molecule has 1 aromatic rings. The molecule has 6 nitrogen and oxygen atoms in total. The number of benzene rings is 1. The lowest BCUT2D eigenvalue weighted by atomic mass is 9.79. The molecule has 1 saturated carbocycles. The van der Waals surface area contributed by atoms with Gasteiger partial charge in [-0.3, -0.25) is 4.79 Å². The van der Waals surface area contributed by atoms with Crippen molar-refractivity contribution in [2.45, 2.75) is 50.0 Å². The molecular weight excluding hydrogens is 352 g/mol. The molecule has 3 rings (SSSR count). The van der Waals surface area contributed by atoms with E-state index in [2.05, 4.69) is 46.0 Å². The number of rotatable bonds is 7. The van der Waals surface area contributed by atoms with Crippen LogP contribution in [0.4, 0.5) is 0 Å². The molecule has 2 fully saturated rings. The fourth-order valence-corrected chi connectivity index (χ4v) is 4.14. The van der Waals surface area contributed by atoms with Crippen molar-refractivity contribution in [1.82, 2.24) is 15.5 Å². The van der Waals surface area contributed by atoms with Crippen molar-refractivity contribution in [1.29, 1.82) is 0 Å². The van der Waals surface area contributed by atoms with Crippen LogP contribution in [0.5, 0.6) is 0 Å². The minimum absolute atomic E-state index is 0.00291. The van der Waals surface area contributed by atoms with E-state index in [-0.39, 0.29) is 24.0 Å². The number of ether oxygens (including phenoxy) is 1. The quantitative estimate of drug-likeness (QED) is 0.557. The number of nitrogens with zero attached hydrogens (tertiary/aromatic N) is 2. The second-order valence-electron chi connectivity index (χ2n) is 8.18. The lowest BCUT2D eigenvalue weighted by Crippen LogP contribution is -2.47. The van der Waals surface area contributed by atoms with Gasteiger partial charge < -0.3 is 20.3 Å². The van der Waals surface area contributed by atoms with Crippen molar-refractivity contribution in [3.8, 4) is 0 Å². The van der Waals surface area contributed by atoms with Gasteiger partial charge in [-0.05, 0) is 31.2 Å². The molecule has 1 saturated heterocycles. The number of guanidine groups is 1. The van der Waals surface area contributed by atoms with Crippen LogP contribution in [0.25, 0.3) is 0 Å². The fourth-order valence-electron chi connectivity index (χ4n) is 4.14. The summed E-state index contributed by atoms with van der Waals surface area (Å²) < 4.78 is 5.71. The average molecular weight is 387 g/mol. The molecule has 1 amide bonds. The number of aliphatic imine (C=N–C) groups is 1. The van der Waals surface area contributed by atoms with Crippen molar-refractivity contribution in [3.63, 3.8) is 0 Å². The van der Waals surface area contributed by atoms with E-state index in [0.29, 0.717) is 5.96 Å². The first-order chi connectivity index (χ1) is 13.6. The predicted molar refractivity (Wildman–Crippen MR) is 113 cm³/mol. The lowest BCUT2D eigenvalue weighted by Gasteiger charge is -2.31. The van der Waals surface area contributed by atoms with Crippen LogP contribution < -0.4 is 10.6 Å². The summed E-state index contributed by atoms with van der Waals surface area (Å²) in [7, 11) is 3.52. The Morgan fingerprint density at radius 1 is 1.18 bits per heavy atom. The third-order valence-electron chi connectivity index (χ3n) is 5.93.